The maximum Gasteiger partial charge on any atom is 0.522 e. The normalized spacial score (nSPS) is 10.5. The zero-order valence-electron chi connectivity index (χ0n) is 6.24. The molecule has 5 heteroatoms. The van der Waals surface area contributed by atoms with Crippen molar-refractivity contribution in [3.63, 3.8) is 0 Å². The van der Waals surface area contributed by atoms with Crippen molar-refractivity contribution >= 4 is 11.0 Å². The molecule has 0 spiro atoms. The molecule has 2 rings (SSSR count). The van der Waals surface area contributed by atoms with Crippen molar-refractivity contribution in [1.82, 2.24) is 0 Å². The summed E-state index contributed by atoms with van der Waals surface area (Å²) in [7, 11) is 0. The van der Waals surface area contributed by atoms with Gasteiger partial charge in [0.1, 0.15) is 11.2 Å². The summed E-state index contributed by atoms with van der Waals surface area (Å²) in [5.74, 6) is -1.72. The predicted molar refractivity (Wildman–Crippen MR) is 41.0 cm³/mol. The quantitative estimate of drug-likeness (QED) is 0.606. The highest BCUT2D eigenvalue weighted by Gasteiger charge is 2.04. The Morgan fingerprint density at radius 1 is 1.15 bits per heavy atom. The topological polar surface area (TPSA) is 60.4 Å². The molecule has 1 aromatic heterocycles. The molecule has 0 aliphatic rings. The maximum absolute atomic E-state index is 12.6. The van der Waals surface area contributed by atoms with E-state index in [-0.39, 0.29) is 11.0 Å². The van der Waals surface area contributed by atoms with Crippen LogP contribution >= 0.6 is 0 Å². The minimum Gasteiger partial charge on any atom is -0.394 e. The molecule has 0 fully saturated rings. The summed E-state index contributed by atoms with van der Waals surface area (Å²) in [4.78, 5) is 21.5. The zero-order valence-corrected chi connectivity index (χ0v) is 6.24. The second-order valence-electron chi connectivity index (χ2n) is 2.38. The van der Waals surface area contributed by atoms with Gasteiger partial charge in [0.2, 0.25) is 0 Å². The van der Waals surface area contributed by atoms with E-state index >= 15 is 0 Å². The van der Waals surface area contributed by atoms with Gasteiger partial charge in [-0.1, -0.05) is 0 Å². The number of hydrogen-bond donors (Lipinski definition) is 0. The fourth-order valence-electron chi connectivity index (χ4n) is 0.991. The maximum atomic E-state index is 12.6. The summed E-state index contributed by atoms with van der Waals surface area (Å²) in [5.41, 5.74) is -0.938. The average molecular weight is 182 g/mol. The van der Waals surface area contributed by atoms with Crippen LogP contribution in [0.15, 0.2) is 36.6 Å². The van der Waals surface area contributed by atoms with Crippen LogP contribution < -0.4 is 11.4 Å². The Kier molecular flexibility index (Phi) is 1.51. The lowest BCUT2D eigenvalue weighted by molar-refractivity contribution is 0.327. The molecule has 0 atom stereocenters. The summed E-state index contributed by atoms with van der Waals surface area (Å²) < 4.78 is 21.2. The van der Waals surface area contributed by atoms with Gasteiger partial charge in [0, 0.05) is 6.07 Å². The Balaban J connectivity index is 3.03. The lowest BCUT2D eigenvalue weighted by Gasteiger charge is -1.91. The fraction of sp³-hybridized carbons (Fsp3) is 0. The molecule has 0 aliphatic heterocycles. The van der Waals surface area contributed by atoms with E-state index in [1.807, 2.05) is 0 Å². The van der Waals surface area contributed by atoms with Gasteiger partial charge in [0.25, 0.3) is 0 Å². The Morgan fingerprint density at radius 2 is 1.92 bits per heavy atom. The molecule has 0 saturated heterocycles. The van der Waals surface area contributed by atoms with Gasteiger partial charge in [0.05, 0.1) is 0 Å². The minimum atomic E-state index is -1.14. The number of hydrogen-bond acceptors (Lipinski definition) is 4. The summed E-state index contributed by atoms with van der Waals surface area (Å²) in [5, 5.41) is 0.0426. The van der Waals surface area contributed by atoms with Crippen LogP contribution in [0.2, 0.25) is 0 Å². The van der Waals surface area contributed by atoms with Gasteiger partial charge in [-0.25, -0.2) is 14.0 Å². The van der Waals surface area contributed by atoms with E-state index in [1.165, 1.54) is 6.07 Å². The van der Waals surface area contributed by atoms with Crippen LogP contribution in [0.3, 0.4) is 0 Å². The van der Waals surface area contributed by atoms with Gasteiger partial charge >= 0.3 is 11.4 Å². The molecule has 0 amide bonds. The average Bonchev–Trinajstić information content (AvgIpc) is 2.02. The SMILES string of the molecule is O=c1oc(=O)c2ccc(F)cc2o1. The van der Waals surface area contributed by atoms with Crippen molar-refractivity contribution in [3.8, 4) is 0 Å². The predicted octanol–water partition coefficient (Wildman–Crippen LogP) is 0.885. The molecule has 1 aromatic carbocycles. The van der Waals surface area contributed by atoms with Crippen molar-refractivity contribution in [2.75, 3.05) is 0 Å². The van der Waals surface area contributed by atoms with Crippen LogP contribution in [0.5, 0.6) is 0 Å². The molecule has 0 N–H and O–H groups in total. The second-order valence-corrected chi connectivity index (χ2v) is 2.38. The molecule has 4 nitrogen and oxygen atoms in total. The summed E-state index contributed by atoms with van der Waals surface area (Å²) in [6, 6.07) is 3.23. The van der Waals surface area contributed by atoms with Crippen LogP contribution in [-0.4, -0.2) is 0 Å². The van der Waals surface area contributed by atoms with E-state index in [0.29, 0.717) is 0 Å². The monoisotopic (exact) mass is 182 g/mol. The Hall–Kier alpha value is -1.91. The lowest BCUT2D eigenvalue weighted by Crippen LogP contribution is -2.09. The molecular formula is C8H3FO4. The largest absolute Gasteiger partial charge is 0.522 e. The third-order valence-electron chi connectivity index (χ3n) is 1.53. The Bertz CT molecular complexity index is 566. The van der Waals surface area contributed by atoms with Crippen LogP contribution in [0.1, 0.15) is 0 Å². The third kappa shape index (κ3) is 1.24. The molecule has 0 bridgehead atoms. The van der Waals surface area contributed by atoms with Gasteiger partial charge in [-0.2, -0.15) is 0 Å². The second kappa shape index (κ2) is 2.55. The molecule has 1 heterocycles. The van der Waals surface area contributed by atoms with Gasteiger partial charge < -0.3 is 8.83 Å². The smallest absolute Gasteiger partial charge is 0.394 e. The highest BCUT2D eigenvalue weighted by atomic mass is 19.1. The first-order chi connectivity index (χ1) is 6.16. The molecule has 0 aliphatic carbocycles. The van der Waals surface area contributed by atoms with E-state index in [2.05, 4.69) is 8.83 Å². The first kappa shape index (κ1) is 7.72. The van der Waals surface area contributed by atoms with Crippen LogP contribution in [0.25, 0.3) is 11.0 Å². The van der Waals surface area contributed by atoms with E-state index in [4.69, 9.17) is 0 Å². The highest BCUT2D eigenvalue weighted by Crippen LogP contribution is 2.08. The Morgan fingerprint density at radius 3 is 2.69 bits per heavy atom. The van der Waals surface area contributed by atoms with Crippen molar-refractivity contribution in [3.05, 3.63) is 45.1 Å². The molecule has 66 valence electrons. The standard InChI is InChI=1S/C8H3FO4/c9-4-1-2-5-6(3-4)12-8(11)13-7(5)10/h1-3H. The van der Waals surface area contributed by atoms with Crippen LogP contribution in [0.4, 0.5) is 4.39 Å². The minimum absolute atomic E-state index is 0.0426. The van der Waals surface area contributed by atoms with Gasteiger partial charge in [0.15, 0.2) is 5.58 Å². The number of halogens is 1. The lowest BCUT2D eigenvalue weighted by atomic mass is 10.2. The van der Waals surface area contributed by atoms with Crippen LogP contribution in [0, 0.1) is 5.82 Å². The van der Waals surface area contributed by atoms with E-state index in [0.717, 1.165) is 12.1 Å². The van der Waals surface area contributed by atoms with Gasteiger partial charge in [-0.3, -0.25) is 0 Å². The molecular weight excluding hydrogens is 179 g/mol. The highest BCUT2D eigenvalue weighted by molar-refractivity contribution is 5.74. The van der Waals surface area contributed by atoms with E-state index in [1.54, 1.807) is 0 Å². The van der Waals surface area contributed by atoms with E-state index in [9.17, 15) is 14.0 Å². The van der Waals surface area contributed by atoms with Crippen molar-refractivity contribution in [2.24, 2.45) is 0 Å². The zero-order chi connectivity index (χ0) is 9.42. The van der Waals surface area contributed by atoms with Crippen molar-refractivity contribution in [1.29, 1.82) is 0 Å². The fourth-order valence-corrected chi connectivity index (χ4v) is 0.991. The number of rotatable bonds is 0. The van der Waals surface area contributed by atoms with Gasteiger partial charge in [-0.15, -0.1) is 0 Å². The van der Waals surface area contributed by atoms with Gasteiger partial charge in [-0.05, 0) is 12.1 Å². The first-order valence-electron chi connectivity index (χ1n) is 3.40. The first-order valence-corrected chi connectivity index (χ1v) is 3.40. The van der Waals surface area contributed by atoms with Crippen LogP contribution in [-0.2, 0) is 0 Å². The molecule has 13 heavy (non-hydrogen) atoms. The summed E-state index contributed by atoms with van der Waals surface area (Å²) in [6.07, 6.45) is 0. The summed E-state index contributed by atoms with van der Waals surface area (Å²) >= 11 is 0. The Labute approximate surface area is 70.2 Å². The third-order valence-corrected chi connectivity index (χ3v) is 1.53. The molecule has 0 unspecified atom stereocenters. The van der Waals surface area contributed by atoms with E-state index < -0.39 is 17.3 Å². The number of benzene rings is 1. The number of fused-ring (bicyclic) bond motifs is 1. The molecule has 2 aromatic rings. The molecule has 0 saturated carbocycles. The van der Waals surface area contributed by atoms with Crippen molar-refractivity contribution < 1.29 is 13.2 Å². The van der Waals surface area contributed by atoms with Crippen molar-refractivity contribution in [2.45, 2.75) is 0 Å². The molecule has 0 radical (unpaired) electrons. The summed E-state index contributed by atoms with van der Waals surface area (Å²) in [6.45, 7) is 0.